The van der Waals surface area contributed by atoms with Crippen molar-refractivity contribution in [3.63, 3.8) is 0 Å². The molecule has 0 amide bonds. The maximum Gasteiger partial charge on any atom is 0.150 e. The number of benzene rings is 2. The van der Waals surface area contributed by atoms with Gasteiger partial charge in [0.05, 0.1) is 0 Å². The molecule has 0 spiro atoms. The summed E-state index contributed by atoms with van der Waals surface area (Å²) in [5, 5.41) is 2.91. The zero-order chi connectivity index (χ0) is 15.0. The summed E-state index contributed by atoms with van der Waals surface area (Å²) in [6, 6.07) is 8.90. The molecule has 21 heavy (non-hydrogen) atoms. The highest BCUT2D eigenvalue weighted by Crippen LogP contribution is 2.39. The summed E-state index contributed by atoms with van der Waals surface area (Å²) >= 11 is 3.05. The molecular weight excluding hydrogens is 343 g/mol. The van der Waals surface area contributed by atoms with Gasteiger partial charge in [-0.2, -0.15) is 0 Å². The van der Waals surface area contributed by atoms with E-state index in [9.17, 15) is 13.2 Å². The quantitative estimate of drug-likeness (QED) is 0.795. The Balaban J connectivity index is 1.64. The van der Waals surface area contributed by atoms with Gasteiger partial charge in [0.1, 0.15) is 23.1 Å². The number of rotatable bonds is 3. The summed E-state index contributed by atoms with van der Waals surface area (Å²) in [4.78, 5) is 0. The highest BCUT2D eigenvalue weighted by Gasteiger charge is 2.31. The summed E-state index contributed by atoms with van der Waals surface area (Å²) in [5.41, 5.74) is 0.979. The second-order valence-corrected chi connectivity index (χ2v) is 6.22. The van der Waals surface area contributed by atoms with Crippen LogP contribution >= 0.6 is 15.9 Å². The molecule has 110 valence electrons. The van der Waals surface area contributed by atoms with E-state index in [2.05, 4.69) is 21.2 Å². The van der Waals surface area contributed by atoms with Crippen molar-refractivity contribution in [2.45, 2.75) is 24.8 Å². The number of nitrogens with one attached hydrogen (secondary N) is 1. The normalized spacial score (nSPS) is 21.0. The van der Waals surface area contributed by atoms with E-state index in [0.717, 1.165) is 18.4 Å². The van der Waals surface area contributed by atoms with Crippen LogP contribution in [0.5, 0.6) is 0 Å². The van der Waals surface area contributed by atoms with Crippen molar-refractivity contribution in [2.75, 3.05) is 5.32 Å². The molecule has 0 heterocycles. The number of anilines is 1. The average molecular weight is 356 g/mol. The second-order valence-electron chi connectivity index (χ2n) is 5.31. The van der Waals surface area contributed by atoms with Crippen molar-refractivity contribution in [1.82, 2.24) is 0 Å². The lowest BCUT2D eigenvalue weighted by Crippen LogP contribution is -2.34. The summed E-state index contributed by atoms with van der Waals surface area (Å²) in [7, 11) is 0. The van der Waals surface area contributed by atoms with Crippen molar-refractivity contribution in [3.05, 3.63) is 63.9 Å². The van der Waals surface area contributed by atoms with Crippen molar-refractivity contribution >= 4 is 21.6 Å². The third-order valence-electron chi connectivity index (χ3n) is 3.83. The molecule has 0 aromatic heterocycles. The van der Waals surface area contributed by atoms with Gasteiger partial charge in [0.2, 0.25) is 0 Å². The molecule has 1 nitrogen and oxygen atoms in total. The Kier molecular flexibility index (Phi) is 3.93. The molecular formula is C16H13BrF3N. The molecule has 0 saturated heterocycles. The standard InChI is InChI=1S/C16H13BrF3N/c17-11-7-14(19)16(15(20)8-11)21-13-5-10(6-13)9-1-3-12(18)4-2-9/h1-4,7-8,10,13,21H,5-6H2. The van der Waals surface area contributed by atoms with Crippen LogP contribution in [0.3, 0.4) is 0 Å². The highest BCUT2D eigenvalue weighted by molar-refractivity contribution is 9.10. The van der Waals surface area contributed by atoms with E-state index in [1.807, 2.05) is 0 Å². The molecule has 2 aromatic carbocycles. The summed E-state index contributed by atoms with van der Waals surface area (Å²) in [5.74, 6) is -1.16. The first-order valence-corrected chi connectivity index (χ1v) is 7.49. The van der Waals surface area contributed by atoms with Crippen LogP contribution in [0.1, 0.15) is 24.3 Å². The Labute approximate surface area is 129 Å². The van der Waals surface area contributed by atoms with Crippen LogP contribution in [0.15, 0.2) is 40.9 Å². The van der Waals surface area contributed by atoms with Crippen molar-refractivity contribution in [3.8, 4) is 0 Å². The van der Waals surface area contributed by atoms with E-state index >= 15 is 0 Å². The van der Waals surface area contributed by atoms with Gasteiger partial charge in [0.25, 0.3) is 0 Å². The lowest BCUT2D eigenvalue weighted by atomic mass is 9.76. The van der Waals surface area contributed by atoms with Crippen LogP contribution in [0, 0.1) is 17.5 Å². The lowest BCUT2D eigenvalue weighted by molar-refractivity contribution is 0.371. The summed E-state index contributed by atoms with van der Waals surface area (Å²) < 4.78 is 40.7. The van der Waals surface area contributed by atoms with Gasteiger partial charge in [-0.25, -0.2) is 13.2 Å². The van der Waals surface area contributed by atoms with Crippen LogP contribution in [-0.2, 0) is 0 Å². The third-order valence-corrected chi connectivity index (χ3v) is 4.29. The topological polar surface area (TPSA) is 12.0 Å². The zero-order valence-electron chi connectivity index (χ0n) is 11.0. The maximum atomic E-state index is 13.7. The Morgan fingerprint density at radius 1 is 0.952 bits per heavy atom. The average Bonchev–Trinajstić information content (AvgIpc) is 2.37. The molecule has 5 heteroatoms. The zero-order valence-corrected chi connectivity index (χ0v) is 12.6. The number of hydrogen-bond donors (Lipinski definition) is 1. The summed E-state index contributed by atoms with van der Waals surface area (Å²) in [6.07, 6.45) is 1.56. The van der Waals surface area contributed by atoms with Crippen LogP contribution in [0.2, 0.25) is 0 Å². The number of hydrogen-bond acceptors (Lipinski definition) is 1. The lowest BCUT2D eigenvalue weighted by Gasteiger charge is -2.37. The first-order chi connectivity index (χ1) is 10.0. The molecule has 0 radical (unpaired) electrons. The van der Waals surface area contributed by atoms with Crippen LogP contribution in [0.25, 0.3) is 0 Å². The van der Waals surface area contributed by atoms with Gasteiger partial charge >= 0.3 is 0 Å². The maximum absolute atomic E-state index is 13.7. The van der Waals surface area contributed by atoms with Crippen LogP contribution in [0.4, 0.5) is 18.9 Å². The van der Waals surface area contributed by atoms with E-state index in [1.165, 1.54) is 24.3 Å². The van der Waals surface area contributed by atoms with Crippen molar-refractivity contribution in [1.29, 1.82) is 0 Å². The Bertz CT molecular complexity index is 628. The van der Waals surface area contributed by atoms with E-state index in [0.29, 0.717) is 10.4 Å². The van der Waals surface area contributed by atoms with Gasteiger partial charge in [-0.3, -0.25) is 0 Å². The molecule has 0 unspecified atom stereocenters. The van der Waals surface area contributed by atoms with Crippen LogP contribution < -0.4 is 5.32 Å². The number of halogens is 4. The molecule has 1 fully saturated rings. The predicted molar refractivity (Wildman–Crippen MR) is 79.8 cm³/mol. The van der Waals surface area contributed by atoms with Gasteiger partial charge in [-0.15, -0.1) is 0 Å². The van der Waals surface area contributed by atoms with E-state index in [1.54, 1.807) is 12.1 Å². The van der Waals surface area contributed by atoms with Crippen molar-refractivity contribution in [2.24, 2.45) is 0 Å². The second kappa shape index (κ2) is 5.72. The summed E-state index contributed by atoms with van der Waals surface area (Å²) in [6.45, 7) is 0. The van der Waals surface area contributed by atoms with Gasteiger partial charge < -0.3 is 5.32 Å². The Morgan fingerprint density at radius 2 is 1.52 bits per heavy atom. The van der Waals surface area contributed by atoms with E-state index < -0.39 is 11.6 Å². The molecule has 1 aliphatic carbocycles. The molecule has 1 N–H and O–H groups in total. The fourth-order valence-corrected chi connectivity index (χ4v) is 3.03. The van der Waals surface area contributed by atoms with Gasteiger partial charge in [-0.1, -0.05) is 28.1 Å². The SMILES string of the molecule is Fc1ccc(C2CC(Nc3c(F)cc(Br)cc3F)C2)cc1. The molecule has 1 aliphatic rings. The smallest absolute Gasteiger partial charge is 0.150 e. The first kappa shape index (κ1) is 14.4. The third kappa shape index (κ3) is 3.07. The van der Waals surface area contributed by atoms with Crippen LogP contribution in [-0.4, -0.2) is 6.04 Å². The highest BCUT2D eigenvalue weighted by atomic mass is 79.9. The molecule has 1 saturated carbocycles. The largest absolute Gasteiger partial charge is 0.378 e. The van der Waals surface area contributed by atoms with Crippen molar-refractivity contribution < 1.29 is 13.2 Å². The van der Waals surface area contributed by atoms with E-state index in [4.69, 9.17) is 0 Å². The fraction of sp³-hybridized carbons (Fsp3) is 0.250. The molecule has 3 rings (SSSR count). The van der Waals surface area contributed by atoms with Gasteiger partial charge in [0, 0.05) is 10.5 Å². The minimum Gasteiger partial charge on any atom is -0.378 e. The van der Waals surface area contributed by atoms with E-state index in [-0.39, 0.29) is 17.5 Å². The Morgan fingerprint density at radius 3 is 2.10 bits per heavy atom. The Hall–Kier alpha value is -1.49. The first-order valence-electron chi connectivity index (χ1n) is 6.69. The molecule has 0 aliphatic heterocycles. The predicted octanol–water partition coefficient (Wildman–Crippen LogP) is 5.22. The molecule has 0 bridgehead atoms. The fourth-order valence-electron chi connectivity index (χ4n) is 2.63. The molecule has 0 atom stereocenters. The monoisotopic (exact) mass is 355 g/mol. The minimum atomic E-state index is -0.605. The van der Waals surface area contributed by atoms with Gasteiger partial charge in [0.15, 0.2) is 0 Å². The minimum absolute atomic E-state index is 0.0326. The molecule has 2 aromatic rings. The van der Waals surface area contributed by atoms with Gasteiger partial charge in [-0.05, 0) is 48.6 Å².